The molecular weight excluding hydrogens is 324 g/mol. The number of carbonyl (C=O) groups is 3. The summed E-state index contributed by atoms with van der Waals surface area (Å²) in [6.45, 7) is 3.84. The first-order valence-electron chi connectivity index (χ1n) is 6.32. The predicted molar refractivity (Wildman–Crippen MR) is 81.8 cm³/mol. The molecule has 1 radical (unpaired) electrons. The fraction of sp³-hybridized carbons (Fsp3) is 0.727. The fourth-order valence-electron chi connectivity index (χ4n) is 1.30. The van der Waals surface area contributed by atoms with E-state index in [-0.39, 0.29) is 42.1 Å². The topological polar surface area (TPSA) is 159 Å². The van der Waals surface area contributed by atoms with Crippen LogP contribution in [0.5, 0.6) is 0 Å². The summed E-state index contributed by atoms with van der Waals surface area (Å²) in [5, 5.41) is 13.2. The number of rotatable bonds is 8. The molecule has 0 aliphatic rings. The number of carbonyl (C=O) groups excluding carboxylic acids is 2. The van der Waals surface area contributed by atoms with Crippen molar-refractivity contribution in [3.05, 3.63) is 0 Å². The van der Waals surface area contributed by atoms with Crippen molar-refractivity contribution in [2.45, 2.75) is 38.4 Å². The molecule has 11 heteroatoms. The summed E-state index contributed by atoms with van der Waals surface area (Å²) in [4.78, 5) is 43.0. The van der Waals surface area contributed by atoms with Gasteiger partial charge in [-0.05, 0) is 20.3 Å². The summed E-state index contributed by atoms with van der Waals surface area (Å²) < 4.78 is 11.1. The van der Waals surface area contributed by atoms with E-state index in [1.165, 1.54) is 20.5 Å². The van der Waals surface area contributed by atoms with E-state index in [0.717, 1.165) is 0 Å². The van der Waals surface area contributed by atoms with Crippen LogP contribution in [0.1, 0.15) is 20.3 Å². The molecule has 4 atom stereocenters. The zero-order valence-electron chi connectivity index (χ0n) is 13.2. The number of hydrogen-bond acceptors (Lipinski definition) is 5. The maximum absolute atomic E-state index is 11.7. The van der Waals surface area contributed by atoms with Gasteiger partial charge in [0.05, 0.1) is 6.04 Å². The van der Waals surface area contributed by atoms with Crippen LogP contribution >= 0.6 is 7.37 Å². The molecule has 0 aromatic heterocycles. The predicted octanol–water partition coefficient (Wildman–Crippen LogP) is -1.68. The molecule has 22 heavy (non-hydrogen) atoms. The Bertz CT molecular complexity index is 455. The smallest absolute Gasteiger partial charge is 0.325 e. The number of carboxylic acids is 1. The van der Waals surface area contributed by atoms with Gasteiger partial charge in [-0.2, -0.15) is 0 Å². The minimum atomic E-state index is -3.25. The fourth-order valence-corrected chi connectivity index (χ4v) is 2.05. The first kappa shape index (κ1) is 23.8. The van der Waals surface area contributed by atoms with Crippen LogP contribution in [0.3, 0.4) is 0 Å². The second-order valence-electron chi connectivity index (χ2n) is 4.97. The molecule has 1 unspecified atom stereocenters. The van der Waals surface area contributed by atoms with Gasteiger partial charge in [0.25, 0.3) is 0 Å². The maximum Gasteiger partial charge on any atom is 0.325 e. The van der Waals surface area contributed by atoms with Gasteiger partial charge in [-0.15, -0.1) is 0 Å². The second kappa shape index (κ2) is 10.4. The van der Waals surface area contributed by atoms with Crippen LogP contribution in [0.4, 0.5) is 0 Å². The molecule has 0 bridgehead atoms. The van der Waals surface area contributed by atoms with Gasteiger partial charge in [0.1, 0.15) is 12.1 Å². The summed E-state index contributed by atoms with van der Waals surface area (Å²) in [5.74, 6) is -2.50. The molecular formula is C11H22N3NaO6P. The zero-order chi connectivity index (χ0) is 16.8. The molecule has 0 aliphatic carbocycles. The van der Waals surface area contributed by atoms with Crippen LogP contribution in [-0.4, -0.2) is 88.3 Å². The molecule has 2 amide bonds. The number of carboxylic acid groups (broad SMARTS) is 1. The number of nitrogens with two attached hydrogens (primary N) is 1. The Morgan fingerprint density at radius 2 is 1.59 bits per heavy atom. The van der Waals surface area contributed by atoms with Crippen LogP contribution in [0.15, 0.2) is 0 Å². The van der Waals surface area contributed by atoms with Gasteiger partial charge in [-0.3, -0.25) is 18.9 Å². The molecule has 123 valence electrons. The van der Waals surface area contributed by atoms with Crippen LogP contribution in [0.2, 0.25) is 0 Å². The van der Waals surface area contributed by atoms with Crippen molar-refractivity contribution >= 4 is 54.7 Å². The van der Waals surface area contributed by atoms with Gasteiger partial charge in [0, 0.05) is 42.4 Å². The Kier molecular flexibility index (Phi) is 11.2. The molecule has 0 saturated carbocycles. The normalized spacial score (nSPS) is 17.1. The standard InChI is InChI=1S/C11H22N3O6P.Na/c1-6(9(15)14-7(2)11(17)18)13-10(16)8(12)4-5-21(3,19)20;/h6-8H,4-5,12H2,1-3H3,(H,13,16)(H,14,15)(H,17,18)(H,19,20);/t6-,7-,8-;/m0./s1. The molecule has 0 aromatic carbocycles. The SMILES string of the molecule is C[C@H](NC(=O)[C@H](C)NC(=O)[C@@H](N)CCP(C)(=O)O)C(=O)O.[Na]. The summed E-state index contributed by atoms with van der Waals surface area (Å²) in [6.07, 6.45) is -0.0891. The first-order valence-corrected chi connectivity index (χ1v) is 8.61. The molecule has 0 aromatic rings. The van der Waals surface area contributed by atoms with Crippen molar-refractivity contribution in [2.75, 3.05) is 12.8 Å². The summed E-state index contributed by atoms with van der Waals surface area (Å²) in [7, 11) is -3.25. The molecule has 0 fully saturated rings. The number of nitrogens with one attached hydrogen (secondary N) is 2. The Labute approximate surface area is 151 Å². The summed E-state index contributed by atoms with van der Waals surface area (Å²) in [6, 6.07) is -3.06. The molecule has 9 nitrogen and oxygen atoms in total. The van der Waals surface area contributed by atoms with Crippen molar-refractivity contribution in [2.24, 2.45) is 5.73 Å². The van der Waals surface area contributed by atoms with Crippen molar-refractivity contribution in [3.63, 3.8) is 0 Å². The van der Waals surface area contributed by atoms with Gasteiger partial charge in [0.2, 0.25) is 11.8 Å². The Morgan fingerprint density at radius 3 is 2.00 bits per heavy atom. The minimum absolute atomic E-state index is 0. The van der Waals surface area contributed by atoms with E-state index >= 15 is 0 Å². The van der Waals surface area contributed by atoms with Crippen LogP contribution in [0.25, 0.3) is 0 Å². The van der Waals surface area contributed by atoms with E-state index in [1.807, 2.05) is 0 Å². The number of aliphatic carboxylic acids is 1. The quantitative estimate of drug-likeness (QED) is 0.259. The zero-order valence-corrected chi connectivity index (χ0v) is 16.1. The Balaban J connectivity index is 0. The first-order chi connectivity index (χ1) is 9.44. The van der Waals surface area contributed by atoms with Crippen molar-refractivity contribution in [3.8, 4) is 0 Å². The summed E-state index contributed by atoms with van der Waals surface area (Å²) in [5.41, 5.74) is 5.55. The molecule has 0 heterocycles. The monoisotopic (exact) mass is 346 g/mol. The van der Waals surface area contributed by atoms with E-state index in [9.17, 15) is 18.9 Å². The third kappa shape index (κ3) is 10.3. The second-order valence-corrected chi connectivity index (χ2v) is 7.52. The van der Waals surface area contributed by atoms with Gasteiger partial charge in [0.15, 0.2) is 7.37 Å². The van der Waals surface area contributed by atoms with Gasteiger partial charge in [-0.1, -0.05) is 0 Å². The number of amides is 2. The summed E-state index contributed by atoms with van der Waals surface area (Å²) >= 11 is 0. The average molecular weight is 346 g/mol. The van der Waals surface area contributed by atoms with Crippen LogP contribution in [-0.2, 0) is 18.9 Å². The molecule has 0 rings (SSSR count). The Morgan fingerprint density at radius 1 is 1.14 bits per heavy atom. The molecule has 0 spiro atoms. The molecule has 0 aliphatic heterocycles. The van der Waals surface area contributed by atoms with Crippen LogP contribution in [0, 0.1) is 0 Å². The maximum atomic E-state index is 11.7. The van der Waals surface area contributed by atoms with E-state index in [0.29, 0.717) is 0 Å². The van der Waals surface area contributed by atoms with Crippen molar-refractivity contribution < 1.29 is 28.9 Å². The minimum Gasteiger partial charge on any atom is -0.480 e. The van der Waals surface area contributed by atoms with Gasteiger partial charge >= 0.3 is 5.97 Å². The van der Waals surface area contributed by atoms with Gasteiger partial charge < -0.3 is 26.4 Å². The Hall–Kier alpha value is -0.440. The average Bonchev–Trinajstić information content (AvgIpc) is 2.34. The molecule has 0 saturated heterocycles. The van der Waals surface area contributed by atoms with Gasteiger partial charge in [-0.25, -0.2) is 0 Å². The molecule has 6 N–H and O–H groups in total. The van der Waals surface area contributed by atoms with E-state index in [2.05, 4.69) is 10.6 Å². The van der Waals surface area contributed by atoms with Crippen molar-refractivity contribution in [1.82, 2.24) is 10.6 Å². The van der Waals surface area contributed by atoms with Crippen molar-refractivity contribution in [1.29, 1.82) is 0 Å². The third-order valence-electron chi connectivity index (χ3n) is 2.67. The van der Waals surface area contributed by atoms with Crippen LogP contribution < -0.4 is 16.4 Å². The van der Waals surface area contributed by atoms with E-state index in [4.69, 9.17) is 15.7 Å². The van der Waals surface area contributed by atoms with E-state index < -0.39 is 43.3 Å². The van der Waals surface area contributed by atoms with E-state index in [1.54, 1.807) is 0 Å². The largest absolute Gasteiger partial charge is 0.480 e. The third-order valence-corrected chi connectivity index (χ3v) is 3.76. The number of hydrogen-bond donors (Lipinski definition) is 5.